The van der Waals surface area contributed by atoms with Crippen LogP contribution in [0.5, 0.6) is 0 Å². The van der Waals surface area contributed by atoms with Gasteiger partial charge in [-0.05, 0) is 34.6 Å². The van der Waals surface area contributed by atoms with Gasteiger partial charge in [0.15, 0.2) is 0 Å². The normalized spacial score (nSPS) is 18.4. The number of hydrogen-bond donors (Lipinski definition) is 0. The Morgan fingerprint density at radius 1 is 0.625 bits per heavy atom. The molecule has 0 unspecified atom stereocenters. The minimum absolute atomic E-state index is 0.222. The summed E-state index contributed by atoms with van der Waals surface area (Å²) >= 11 is 0. The molecule has 0 saturated carbocycles. The van der Waals surface area contributed by atoms with Crippen LogP contribution in [0, 0.1) is 0 Å². The summed E-state index contributed by atoms with van der Waals surface area (Å²) in [4.78, 5) is 0. The molecule has 0 aromatic carbocycles. The van der Waals surface area contributed by atoms with Gasteiger partial charge in [0.25, 0.3) is 6.71 Å². The molecular weight excluding hydrogens is 191 g/mol. The van der Waals surface area contributed by atoms with Gasteiger partial charge in [-0.3, -0.25) is 0 Å². The first-order chi connectivity index (χ1) is 7.95. The maximum Gasteiger partial charge on any atom is 0.269 e. The summed E-state index contributed by atoms with van der Waals surface area (Å²) in [5.41, 5.74) is 13.4. The van der Waals surface area contributed by atoms with E-state index >= 15 is 0 Å². The van der Waals surface area contributed by atoms with E-state index in [4.69, 9.17) is 0 Å². The number of rotatable bonds is 3. The maximum atomic E-state index is 3.27. The Bertz CT molecular complexity index is 526. The van der Waals surface area contributed by atoms with Gasteiger partial charge in [0.05, 0.1) is 0 Å². The number of hydrogen-bond acceptors (Lipinski definition) is 0. The fraction of sp³-hybridized carbons (Fsp3) is 0. The highest BCUT2D eigenvalue weighted by molar-refractivity contribution is 6.82. The van der Waals surface area contributed by atoms with Gasteiger partial charge in [-0.1, -0.05) is 36.5 Å². The van der Waals surface area contributed by atoms with Crippen molar-refractivity contribution in [2.75, 3.05) is 0 Å². The van der Waals surface area contributed by atoms with Crippen LogP contribution in [0.4, 0.5) is 0 Å². The van der Waals surface area contributed by atoms with E-state index in [9.17, 15) is 0 Å². The first kappa shape index (κ1) is 9.10. The van der Waals surface area contributed by atoms with E-state index in [0.29, 0.717) is 0 Å². The van der Waals surface area contributed by atoms with Gasteiger partial charge < -0.3 is 0 Å². The summed E-state index contributed by atoms with van der Waals surface area (Å²) in [7, 11) is 0. The van der Waals surface area contributed by atoms with E-state index in [2.05, 4.69) is 35.4 Å². The summed E-state index contributed by atoms with van der Waals surface area (Å²) in [6.45, 7) is 0.222. The molecule has 0 amide bonds. The zero-order valence-electron chi connectivity index (χ0n) is 8.77. The molecule has 0 atom stereocenters. The molecule has 1 heteroatoms. The van der Waals surface area contributed by atoms with E-state index in [1.54, 1.807) is 0 Å². The fourth-order valence-electron chi connectivity index (χ4n) is 2.07. The van der Waals surface area contributed by atoms with Crippen molar-refractivity contribution < 1.29 is 0 Å². The largest absolute Gasteiger partial charge is 0.269 e. The third-order valence-corrected chi connectivity index (χ3v) is 2.80. The molecule has 3 rings (SSSR count). The van der Waals surface area contributed by atoms with Gasteiger partial charge in [-0.25, -0.2) is 0 Å². The van der Waals surface area contributed by atoms with Gasteiger partial charge in [-0.15, -0.1) is 17.2 Å². The van der Waals surface area contributed by atoms with E-state index in [0.717, 1.165) is 0 Å². The van der Waals surface area contributed by atoms with Crippen LogP contribution in [0.1, 0.15) is 0 Å². The maximum absolute atomic E-state index is 3.27. The fourth-order valence-corrected chi connectivity index (χ4v) is 2.07. The Labute approximate surface area is 95.4 Å². The van der Waals surface area contributed by atoms with Crippen LogP contribution in [0.25, 0.3) is 0 Å². The van der Waals surface area contributed by atoms with Gasteiger partial charge in [0.2, 0.25) is 0 Å². The zero-order chi connectivity index (χ0) is 10.8. The van der Waals surface area contributed by atoms with Crippen molar-refractivity contribution >= 4 is 6.71 Å². The molecular formula is C15H9B. The lowest BCUT2D eigenvalue weighted by Crippen LogP contribution is -2.19. The topological polar surface area (TPSA) is 0 Å². The average Bonchev–Trinajstić information content (AvgIpc) is 3.02. The zero-order valence-corrected chi connectivity index (χ0v) is 8.77. The van der Waals surface area contributed by atoms with Gasteiger partial charge in [0, 0.05) is 0 Å². The molecule has 3 aliphatic carbocycles. The predicted octanol–water partition coefficient (Wildman–Crippen LogP) is 3.05. The Morgan fingerprint density at radius 2 is 1.00 bits per heavy atom. The van der Waals surface area contributed by atoms with Crippen LogP contribution >= 0.6 is 0 Å². The van der Waals surface area contributed by atoms with Crippen LogP contribution in [-0.2, 0) is 0 Å². The van der Waals surface area contributed by atoms with E-state index < -0.39 is 0 Å². The highest BCUT2D eigenvalue weighted by Gasteiger charge is 2.26. The summed E-state index contributed by atoms with van der Waals surface area (Å²) in [6.07, 6.45) is 18.2. The van der Waals surface area contributed by atoms with Crippen LogP contribution in [-0.4, -0.2) is 6.71 Å². The van der Waals surface area contributed by atoms with Crippen LogP contribution < -0.4 is 0 Å². The molecule has 16 heavy (non-hydrogen) atoms. The SMILES string of the molecule is C1=CC=CC=1B(C1=C=CC=C1)C1=C=CC=C1. The van der Waals surface area contributed by atoms with Crippen molar-refractivity contribution in [3.63, 3.8) is 0 Å². The lowest BCUT2D eigenvalue weighted by atomic mass is 9.36. The highest BCUT2D eigenvalue weighted by atomic mass is 14.0. The molecule has 0 N–H and O–H groups in total. The summed E-state index contributed by atoms with van der Waals surface area (Å²) in [5, 5.41) is 0. The monoisotopic (exact) mass is 200 g/mol. The van der Waals surface area contributed by atoms with Crippen LogP contribution in [0.15, 0.2) is 88.3 Å². The second-order valence-corrected chi connectivity index (χ2v) is 3.81. The van der Waals surface area contributed by atoms with Crippen LogP contribution in [0.2, 0.25) is 0 Å². The Morgan fingerprint density at radius 3 is 1.25 bits per heavy atom. The third-order valence-electron chi connectivity index (χ3n) is 2.80. The molecule has 0 saturated heterocycles. The molecule has 72 valence electrons. The lowest BCUT2D eigenvalue weighted by molar-refractivity contribution is 1.78. The van der Waals surface area contributed by atoms with Crippen molar-refractivity contribution in [3.05, 3.63) is 88.3 Å². The van der Waals surface area contributed by atoms with Crippen LogP contribution in [0.3, 0.4) is 0 Å². The van der Waals surface area contributed by atoms with Crippen molar-refractivity contribution in [2.45, 2.75) is 0 Å². The Kier molecular flexibility index (Phi) is 2.15. The first-order valence-corrected chi connectivity index (χ1v) is 5.35. The van der Waals surface area contributed by atoms with E-state index in [-0.39, 0.29) is 6.71 Å². The molecule has 0 aliphatic heterocycles. The smallest absolute Gasteiger partial charge is 0.126 e. The molecule has 0 radical (unpaired) electrons. The third kappa shape index (κ3) is 1.46. The second-order valence-electron chi connectivity index (χ2n) is 3.81. The Balaban J connectivity index is 2.09. The number of allylic oxidation sites excluding steroid dienone is 9. The summed E-state index contributed by atoms with van der Waals surface area (Å²) in [5.74, 6) is 0. The molecule has 3 aliphatic rings. The standard InChI is InChI=1S/C15H9B/c1-2-8-13(7-1)16(14-9-3-4-10-14)15-11-5-6-12-15/h1-7,9,11H. The molecule has 0 fully saturated rings. The van der Waals surface area contributed by atoms with Gasteiger partial charge >= 0.3 is 0 Å². The quantitative estimate of drug-likeness (QED) is 0.485. The lowest BCUT2D eigenvalue weighted by Gasteiger charge is -2.10. The van der Waals surface area contributed by atoms with Gasteiger partial charge in [-0.2, -0.15) is 0 Å². The molecule has 0 aromatic rings. The highest BCUT2D eigenvalue weighted by Crippen LogP contribution is 2.24. The molecule has 0 nitrogen and oxygen atoms in total. The molecule has 0 heterocycles. The van der Waals surface area contributed by atoms with Crippen molar-refractivity contribution in [2.24, 2.45) is 0 Å². The summed E-state index contributed by atoms with van der Waals surface area (Å²) < 4.78 is 0. The Hall–Kier alpha value is -2.16. The predicted molar refractivity (Wildman–Crippen MR) is 68.0 cm³/mol. The van der Waals surface area contributed by atoms with E-state index in [1.165, 1.54) is 16.4 Å². The summed E-state index contributed by atoms with van der Waals surface area (Å²) in [6, 6.07) is 0. The van der Waals surface area contributed by atoms with Crippen molar-refractivity contribution in [3.8, 4) is 0 Å². The minimum atomic E-state index is 0.222. The first-order valence-electron chi connectivity index (χ1n) is 5.35. The van der Waals surface area contributed by atoms with E-state index in [1.807, 2.05) is 36.5 Å². The molecule has 0 aromatic heterocycles. The average molecular weight is 200 g/mol. The second kappa shape index (κ2) is 3.78. The van der Waals surface area contributed by atoms with Crippen molar-refractivity contribution in [1.29, 1.82) is 0 Å². The van der Waals surface area contributed by atoms with Gasteiger partial charge in [0.1, 0.15) is 0 Å². The van der Waals surface area contributed by atoms with Crippen molar-refractivity contribution in [1.82, 2.24) is 0 Å². The minimum Gasteiger partial charge on any atom is -0.126 e. The molecule has 0 bridgehead atoms. The molecule has 0 spiro atoms.